The first-order valence-electron chi connectivity index (χ1n) is 15.4. The lowest BCUT2D eigenvalue weighted by Crippen LogP contribution is -2.16. The molecule has 0 atom stereocenters. The molecule has 0 unspecified atom stereocenters. The molecule has 1 aliphatic rings. The zero-order chi connectivity index (χ0) is 31.4. The molecule has 0 saturated carbocycles. The lowest BCUT2D eigenvalue weighted by molar-refractivity contribution is -0.492. The summed E-state index contributed by atoms with van der Waals surface area (Å²) in [5.41, 5.74) is 9.70. The Kier molecular flexibility index (Phi) is 7.45. The number of hydrogen-bond donors (Lipinski definition) is 0. The molecule has 0 amide bonds. The van der Waals surface area contributed by atoms with Crippen LogP contribution in [-0.2, 0) is 0 Å². The summed E-state index contributed by atoms with van der Waals surface area (Å²) in [5, 5.41) is 9.08. The minimum atomic E-state index is 0.419. The minimum absolute atomic E-state index is 0.419. The Labute approximate surface area is 272 Å². The van der Waals surface area contributed by atoms with E-state index in [-0.39, 0.29) is 0 Å². The molecule has 0 fully saturated rings. The van der Waals surface area contributed by atoms with Gasteiger partial charge in [0.05, 0.1) is 10.8 Å². The first-order chi connectivity index (χ1) is 23.3. The monoisotopic (exact) mass is 606 g/mol. The van der Waals surface area contributed by atoms with Crippen LogP contribution in [0.15, 0.2) is 168 Å². The fourth-order valence-corrected chi connectivity index (χ4v) is 5.63. The summed E-state index contributed by atoms with van der Waals surface area (Å²) in [6.07, 6.45) is 1.80. The topological polar surface area (TPSA) is 79.3 Å². The summed E-state index contributed by atoms with van der Waals surface area (Å²) in [6.45, 7) is 0.419. The SMILES string of the molecule is c1ccc(-c2cccc(-c3nc(C4=NN=[N+](c5cccc(-c6ccccn6)c5)C4)nc(-c4cccc(-c5ccccc5)c4)n3)c2)cc1. The average Bonchev–Trinajstić information content (AvgIpc) is 3.67. The van der Waals surface area contributed by atoms with E-state index in [0.29, 0.717) is 29.7 Å². The van der Waals surface area contributed by atoms with E-state index in [9.17, 15) is 0 Å². The molecule has 0 bridgehead atoms. The second kappa shape index (κ2) is 12.5. The zero-order valence-corrected chi connectivity index (χ0v) is 25.3. The van der Waals surface area contributed by atoms with Gasteiger partial charge >= 0.3 is 0 Å². The molecule has 5 aromatic carbocycles. The summed E-state index contributed by atoms with van der Waals surface area (Å²) < 4.78 is 1.86. The maximum absolute atomic E-state index is 5.01. The van der Waals surface area contributed by atoms with Gasteiger partial charge in [0.1, 0.15) is 5.22 Å². The van der Waals surface area contributed by atoms with Crippen molar-refractivity contribution in [2.75, 3.05) is 6.54 Å². The number of benzene rings is 5. The largest absolute Gasteiger partial charge is 0.268 e. The third kappa shape index (κ3) is 5.98. The standard InChI is InChI=1S/C40H28N7/c1-3-12-28(13-4-1)30-16-9-19-33(24-30)38-42-39(34-20-10-17-31(25-34)29-14-5-2-6-15-29)44-40(43-38)37-27-47(46-45-37)35-21-11-18-32(26-35)36-22-7-8-23-41-36/h1-26H,27H2/q+1. The van der Waals surface area contributed by atoms with Crippen LogP contribution in [0.25, 0.3) is 56.3 Å². The number of pyridine rings is 1. The van der Waals surface area contributed by atoms with Crippen molar-refractivity contribution >= 4 is 11.4 Å². The van der Waals surface area contributed by atoms with Crippen LogP contribution in [0.2, 0.25) is 0 Å². The summed E-state index contributed by atoms with van der Waals surface area (Å²) >= 11 is 0. The average molecular weight is 607 g/mol. The van der Waals surface area contributed by atoms with Crippen molar-refractivity contribution in [2.45, 2.75) is 0 Å². The Balaban J connectivity index is 1.18. The highest BCUT2D eigenvalue weighted by Crippen LogP contribution is 2.29. The van der Waals surface area contributed by atoms with Crippen molar-refractivity contribution in [3.05, 3.63) is 164 Å². The smallest absolute Gasteiger partial charge is 0.256 e. The molecule has 0 saturated heterocycles. The van der Waals surface area contributed by atoms with Gasteiger partial charge in [-0.05, 0) is 58.7 Å². The van der Waals surface area contributed by atoms with E-state index < -0.39 is 0 Å². The van der Waals surface area contributed by atoms with E-state index in [0.717, 1.165) is 50.3 Å². The van der Waals surface area contributed by atoms with Gasteiger partial charge in [0.25, 0.3) is 5.71 Å². The number of hydrogen-bond acceptors (Lipinski definition) is 6. The lowest BCUT2D eigenvalue weighted by Gasteiger charge is -2.09. The van der Waals surface area contributed by atoms with Crippen LogP contribution < -0.4 is 0 Å². The van der Waals surface area contributed by atoms with Gasteiger partial charge in [-0.3, -0.25) is 4.98 Å². The Morgan fingerprint density at radius 1 is 0.426 bits per heavy atom. The molecular weight excluding hydrogens is 578 g/mol. The van der Waals surface area contributed by atoms with Crippen molar-refractivity contribution in [2.24, 2.45) is 10.3 Å². The molecule has 8 rings (SSSR count). The predicted octanol–water partition coefficient (Wildman–Crippen LogP) is 9.12. The first kappa shape index (κ1) is 28.0. The molecule has 7 heteroatoms. The Morgan fingerprint density at radius 2 is 0.957 bits per heavy atom. The van der Waals surface area contributed by atoms with Gasteiger partial charge in [-0.1, -0.05) is 115 Å². The van der Waals surface area contributed by atoms with Gasteiger partial charge in [0.2, 0.25) is 5.82 Å². The van der Waals surface area contributed by atoms with Gasteiger partial charge in [-0.2, -0.15) is 0 Å². The third-order valence-corrected chi connectivity index (χ3v) is 8.03. The Hall–Kier alpha value is -6.47. The second-order valence-electron chi connectivity index (χ2n) is 11.2. The highest BCUT2D eigenvalue weighted by Gasteiger charge is 2.28. The summed E-state index contributed by atoms with van der Waals surface area (Å²) in [4.78, 5) is 19.5. The van der Waals surface area contributed by atoms with Crippen molar-refractivity contribution in [1.29, 1.82) is 0 Å². The van der Waals surface area contributed by atoms with E-state index in [2.05, 4.69) is 69.9 Å². The normalized spacial score (nSPS) is 12.4. The molecule has 3 heterocycles. The fraction of sp³-hybridized carbons (Fsp3) is 0.0250. The zero-order valence-electron chi connectivity index (χ0n) is 25.3. The molecule has 7 nitrogen and oxygen atoms in total. The Bertz CT molecular complexity index is 2160. The van der Waals surface area contributed by atoms with E-state index in [1.807, 2.05) is 102 Å². The molecule has 0 spiro atoms. The van der Waals surface area contributed by atoms with Gasteiger partial charge < -0.3 is 0 Å². The maximum atomic E-state index is 5.01. The van der Waals surface area contributed by atoms with Crippen molar-refractivity contribution in [3.8, 4) is 56.3 Å². The molecule has 1 aliphatic heterocycles. The molecular formula is C40H28N7+. The van der Waals surface area contributed by atoms with Crippen LogP contribution in [-0.4, -0.2) is 36.9 Å². The van der Waals surface area contributed by atoms with E-state index in [4.69, 9.17) is 15.0 Å². The van der Waals surface area contributed by atoms with Crippen molar-refractivity contribution < 1.29 is 4.70 Å². The highest BCUT2D eigenvalue weighted by atomic mass is 15.5. The molecule has 0 radical (unpaired) electrons. The molecule has 0 N–H and O–H groups in total. The van der Waals surface area contributed by atoms with Crippen LogP contribution in [0.1, 0.15) is 5.82 Å². The highest BCUT2D eigenvalue weighted by molar-refractivity contribution is 5.99. The van der Waals surface area contributed by atoms with Gasteiger partial charge in [-0.15, -0.1) is 4.70 Å². The minimum Gasteiger partial charge on any atom is -0.256 e. The first-order valence-corrected chi connectivity index (χ1v) is 15.4. The van der Waals surface area contributed by atoms with Crippen LogP contribution in [0.3, 0.4) is 0 Å². The van der Waals surface area contributed by atoms with Crippen LogP contribution in [0, 0.1) is 0 Å². The van der Waals surface area contributed by atoms with E-state index in [1.54, 1.807) is 6.20 Å². The number of rotatable bonds is 7. The molecule has 222 valence electrons. The molecule has 0 aliphatic carbocycles. The predicted molar refractivity (Wildman–Crippen MR) is 185 cm³/mol. The van der Waals surface area contributed by atoms with Gasteiger partial charge in [0.15, 0.2) is 23.9 Å². The molecule has 7 aromatic rings. The number of aromatic nitrogens is 4. The van der Waals surface area contributed by atoms with Crippen molar-refractivity contribution in [3.63, 3.8) is 0 Å². The maximum Gasteiger partial charge on any atom is 0.268 e. The quantitative estimate of drug-likeness (QED) is 0.170. The van der Waals surface area contributed by atoms with Crippen molar-refractivity contribution in [1.82, 2.24) is 19.9 Å². The summed E-state index contributed by atoms with van der Waals surface area (Å²) in [5.74, 6) is 1.64. The van der Waals surface area contributed by atoms with E-state index in [1.165, 1.54) is 0 Å². The van der Waals surface area contributed by atoms with E-state index >= 15 is 0 Å². The fourth-order valence-electron chi connectivity index (χ4n) is 5.63. The van der Waals surface area contributed by atoms with Gasteiger partial charge in [0, 0.05) is 22.9 Å². The Morgan fingerprint density at radius 3 is 1.57 bits per heavy atom. The lowest BCUT2D eigenvalue weighted by atomic mass is 10.0. The van der Waals surface area contributed by atoms with Crippen LogP contribution >= 0.6 is 0 Å². The molecule has 2 aromatic heterocycles. The van der Waals surface area contributed by atoms with Crippen LogP contribution in [0.4, 0.5) is 5.69 Å². The third-order valence-electron chi connectivity index (χ3n) is 8.03. The van der Waals surface area contributed by atoms with Gasteiger partial charge in [-0.25, -0.2) is 15.0 Å². The summed E-state index contributed by atoms with van der Waals surface area (Å²) in [6, 6.07) is 51.2. The summed E-state index contributed by atoms with van der Waals surface area (Å²) in [7, 11) is 0. The second-order valence-corrected chi connectivity index (χ2v) is 11.2. The van der Waals surface area contributed by atoms with Crippen LogP contribution in [0.5, 0.6) is 0 Å². The molecule has 47 heavy (non-hydrogen) atoms. The number of nitrogens with zero attached hydrogens (tertiary/aromatic N) is 7.